The quantitative estimate of drug-likeness (QED) is 0.842. The number of H-pyrrole nitrogens is 1. The number of hydrogen-bond donors (Lipinski definition) is 2. The number of aromatic nitrogens is 1. The molecule has 2 aromatic rings. The van der Waals surface area contributed by atoms with Crippen LogP contribution in [0, 0.1) is 3.57 Å². The first-order valence-corrected chi connectivity index (χ1v) is 6.80. The van der Waals surface area contributed by atoms with Gasteiger partial charge in [0.05, 0.1) is 0 Å². The summed E-state index contributed by atoms with van der Waals surface area (Å²) in [6.07, 6.45) is 0.896. The van der Waals surface area contributed by atoms with E-state index in [9.17, 15) is 0 Å². The molecule has 0 saturated heterocycles. The van der Waals surface area contributed by atoms with Crippen LogP contribution in [0.3, 0.4) is 0 Å². The Morgan fingerprint density at radius 2 is 2.12 bits per heavy atom. The fraction of sp³-hybridized carbons (Fsp3) is 0.385. The van der Waals surface area contributed by atoms with Crippen LogP contribution in [0.15, 0.2) is 18.2 Å². The lowest BCUT2D eigenvalue weighted by atomic mass is 10.1. The van der Waals surface area contributed by atoms with Gasteiger partial charge in [-0.25, -0.2) is 0 Å². The van der Waals surface area contributed by atoms with E-state index in [-0.39, 0.29) is 6.04 Å². The van der Waals surface area contributed by atoms with Crippen molar-refractivity contribution >= 4 is 39.3 Å². The normalized spacial score (nSPS) is 13.0. The molecule has 0 spiro atoms. The maximum absolute atomic E-state index is 5.96. The molecule has 1 heterocycles. The lowest BCUT2D eigenvalue weighted by Gasteiger charge is -2.14. The molecular weight excluding hydrogens is 325 g/mol. The first-order chi connectivity index (χ1) is 8.00. The Bertz CT molecular complexity index is 529. The lowest BCUT2D eigenvalue weighted by molar-refractivity contribution is 0.740. The number of nitrogens with one attached hydrogen (secondary N) is 1. The minimum absolute atomic E-state index is 0.170. The average Bonchev–Trinajstić information content (AvgIpc) is 2.57. The van der Waals surface area contributed by atoms with Crippen LogP contribution in [0.25, 0.3) is 10.9 Å². The van der Waals surface area contributed by atoms with Crippen molar-refractivity contribution in [2.45, 2.75) is 19.4 Å². The summed E-state index contributed by atoms with van der Waals surface area (Å²) < 4.78 is 1.28. The molecular formula is C13H18IN3. The number of halogens is 1. The van der Waals surface area contributed by atoms with Gasteiger partial charge in [-0.1, -0.05) is 6.07 Å². The molecule has 2 rings (SSSR count). The topological polar surface area (TPSA) is 45.0 Å². The van der Waals surface area contributed by atoms with Crippen molar-refractivity contribution in [3.63, 3.8) is 0 Å². The maximum atomic E-state index is 5.96. The van der Waals surface area contributed by atoms with Crippen LogP contribution >= 0.6 is 22.6 Å². The zero-order valence-corrected chi connectivity index (χ0v) is 12.6. The van der Waals surface area contributed by atoms with E-state index in [0.29, 0.717) is 0 Å². The molecule has 17 heavy (non-hydrogen) atoms. The average molecular weight is 343 g/mol. The summed E-state index contributed by atoms with van der Waals surface area (Å²) in [6.45, 7) is 2.05. The second-order valence-electron chi connectivity index (χ2n) is 4.69. The van der Waals surface area contributed by atoms with Crippen molar-refractivity contribution in [1.29, 1.82) is 0 Å². The van der Waals surface area contributed by atoms with E-state index in [4.69, 9.17) is 5.73 Å². The number of fused-ring (bicyclic) bond motifs is 1. The van der Waals surface area contributed by atoms with Crippen molar-refractivity contribution in [3.05, 3.63) is 27.3 Å². The van der Waals surface area contributed by atoms with Gasteiger partial charge in [0.1, 0.15) is 5.82 Å². The number of anilines is 1. The van der Waals surface area contributed by atoms with E-state index in [1.807, 2.05) is 6.92 Å². The third-order valence-corrected chi connectivity index (χ3v) is 3.73. The first-order valence-electron chi connectivity index (χ1n) is 5.72. The molecule has 0 fully saturated rings. The monoisotopic (exact) mass is 343 g/mol. The van der Waals surface area contributed by atoms with E-state index in [2.05, 4.69) is 64.8 Å². The van der Waals surface area contributed by atoms with Crippen molar-refractivity contribution in [1.82, 2.24) is 4.98 Å². The second-order valence-corrected chi connectivity index (χ2v) is 5.85. The predicted molar refractivity (Wildman–Crippen MR) is 82.7 cm³/mol. The van der Waals surface area contributed by atoms with Crippen LogP contribution in [0.1, 0.15) is 12.5 Å². The number of nitrogens with zero attached hydrogens (tertiary/aromatic N) is 1. The van der Waals surface area contributed by atoms with Gasteiger partial charge >= 0.3 is 0 Å². The number of benzene rings is 1. The Labute approximate surface area is 116 Å². The molecule has 0 radical (unpaired) electrons. The van der Waals surface area contributed by atoms with Crippen LogP contribution in [-0.4, -0.2) is 25.1 Å². The Morgan fingerprint density at radius 1 is 1.41 bits per heavy atom. The largest absolute Gasteiger partial charge is 0.364 e. The summed E-state index contributed by atoms with van der Waals surface area (Å²) in [5.74, 6) is 1.17. The van der Waals surface area contributed by atoms with E-state index < -0.39 is 0 Å². The molecule has 0 saturated carbocycles. The summed E-state index contributed by atoms with van der Waals surface area (Å²) in [4.78, 5) is 5.59. The van der Waals surface area contributed by atoms with Gasteiger partial charge < -0.3 is 15.6 Å². The Morgan fingerprint density at radius 3 is 2.71 bits per heavy atom. The lowest BCUT2D eigenvalue weighted by Crippen LogP contribution is -2.20. The molecule has 0 amide bonds. The highest BCUT2D eigenvalue weighted by Crippen LogP contribution is 2.32. The maximum Gasteiger partial charge on any atom is 0.109 e. The zero-order chi connectivity index (χ0) is 12.6. The second kappa shape index (κ2) is 4.86. The van der Waals surface area contributed by atoms with Gasteiger partial charge in [-0.15, -0.1) is 0 Å². The summed E-state index contributed by atoms with van der Waals surface area (Å²) >= 11 is 2.39. The summed E-state index contributed by atoms with van der Waals surface area (Å²) in [6, 6.07) is 6.51. The fourth-order valence-electron chi connectivity index (χ4n) is 2.16. The number of aromatic amines is 1. The molecule has 3 N–H and O–H groups in total. The molecule has 1 unspecified atom stereocenters. The van der Waals surface area contributed by atoms with Crippen LogP contribution in [0.4, 0.5) is 5.82 Å². The van der Waals surface area contributed by atoms with E-state index in [0.717, 1.165) is 6.42 Å². The van der Waals surface area contributed by atoms with Gasteiger partial charge in [-0.2, -0.15) is 0 Å². The van der Waals surface area contributed by atoms with Crippen LogP contribution < -0.4 is 10.6 Å². The van der Waals surface area contributed by atoms with Gasteiger partial charge in [-0.3, -0.25) is 0 Å². The van der Waals surface area contributed by atoms with E-state index in [1.165, 1.54) is 25.9 Å². The van der Waals surface area contributed by atoms with E-state index >= 15 is 0 Å². The minimum atomic E-state index is 0.170. The minimum Gasteiger partial charge on any atom is -0.364 e. The number of rotatable bonds is 3. The van der Waals surface area contributed by atoms with Crippen molar-refractivity contribution in [2.24, 2.45) is 5.73 Å². The molecule has 92 valence electrons. The van der Waals surface area contributed by atoms with Crippen LogP contribution in [0.2, 0.25) is 0 Å². The molecule has 0 aliphatic rings. The van der Waals surface area contributed by atoms with Gasteiger partial charge in [0.2, 0.25) is 0 Å². The third kappa shape index (κ3) is 2.42. The predicted octanol–water partition coefficient (Wildman–Crippen LogP) is 2.73. The zero-order valence-electron chi connectivity index (χ0n) is 10.4. The van der Waals surface area contributed by atoms with Crippen molar-refractivity contribution in [3.8, 4) is 0 Å². The molecule has 0 aliphatic carbocycles. The fourth-order valence-corrected chi connectivity index (χ4v) is 2.98. The highest BCUT2D eigenvalue weighted by atomic mass is 127. The van der Waals surface area contributed by atoms with Gasteiger partial charge in [0.15, 0.2) is 0 Å². The Hall–Kier alpha value is -0.750. The Balaban J connectivity index is 2.69. The highest BCUT2D eigenvalue weighted by molar-refractivity contribution is 14.1. The van der Waals surface area contributed by atoms with E-state index in [1.54, 1.807) is 0 Å². The summed E-state index contributed by atoms with van der Waals surface area (Å²) in [5, 5.41) is 1.31. The summed E-state index contributed by atoms with van der Waals surface area (Å²) in [7, 11) is 4.12. The van der Waals surface area contributed by atoms with Crippen LogP contribution in [0.5, 0.6) is 0 Å². The molecule has 4 heteroatoms. The molecule has 0 aliphatic heterocycles. The first kappa shape index (κ1) is 12.7. The Kier molecular flexibility index (Phi) is 3.63. The van der Waals surface area contributed by atoms with Gasteiger partial charge in [-0.05, 0) is 48.1 Å². The smallest absolute Gasteiger partial charge is 0.109 e. The van der Waals surface area contributed by atoms with Gasteiger partial charge in [0.25, 0.3) is 0 Å². The van der Waals surface area contributed by atoms with Gasteiger partial charge in [0, 0.05) is 40.2 Å². The molecule has 0 bridgehead atoms. The molecule has 3 nitrogen and oxygen atoms in total. The third-order valence-electron chi connectivity index (χ3n) is 2.83. The SMILES string of the molecule is CC(N)Cc1c(N(C)C)[nH]c2cccc(I)c12. The molecule has 1 aromatic carbocycles. The van der Waals surface area contributed by atoms with Crippen molar-refractivity contribution < 1.29 is 0 Å². The standard InChI is InChI=1S/C13H18IN3/c1-8(15)7-9-12-10(14)5-4-6-11(12)16-13(9)17(2)3/h4-6,8,16H,7,15H2,1-3H3. The van der Waals surface area contributed by atoms with Crippen LogP contribution in [-0.2, 0) is 6.42 Å². The summed E-state index contributed by atoms with van der Waals surface area (Å²) in [5.41, 5.74) is 8.47. The molecule has 1 aromatic heterocycles. The highest BCUT2D eigenvalue weighted by Gasteiger charge is 2.16. The number of nitrogens with two attached hydrogens (primary N) is 1. The van der Waals surface area contributed by atoms with Crippen molar-refractivity contribution in [2.75, 3.05) is 19.0 Å². The number of hydrogen-bond acceptors (Lipinski definition) is 2. The molecule has 1 atom stereocenters.